The lowest BCUT2D eigenvalue weighted by molar-refractivity contribution is 0.0952. The number of sulfonamides is 1. The molecule has 0 unspecified atom stereocenters. The summed E-state index contributed by atoms with van der Waals surface area (Å²) in [4.78, 5) is 12.4. The number of amides is 1. The van der Waals surface area contributed by atoms with E-state index < -0.39 is 10.0 Å². The van der Waals surface area contributed by atoms with Gasteiger partial charge in [-0.05, 0) is 49.6 Å². The molecule has 0 fully saturated rings. The third-order valence-electron chi connectivity index (χ3n) is 4.16. The minimum Gasteiger partial charge on any atom is -0.352 e. The van der Waals surface area contributed by atoms with E-state index in [4.69, 9.17) is 0 Å². The first-order valence-electron chi connectivity index (χ1n) is 8.65. The zero-order valence-corrected chi connectivity index (χ0v) is 16.5. The van der Waals surface area contributed by atoms with E-state index in [2.05, 4.69) is 19.2 Å². The molecule has 0 saturated carbocycles. The van der Waals surface area contributed by atoms with Gasteiger partial charge in [-0.3, -0.25) is 9.10 Å². The Kier molecular flexibility index (Phi) is 6.42. The van der Waals surface area contributed by atoms with Crippen LogP contribution in [0.5, 0.6) is 0 Å². The van der Waals surface area contributed by atoms with Gasteiger partial charge < -0.3 is 5.32 Å². The molecule has 2 rings (SSSR count). The van der Waals surface area contributed by atoms with Crippen LogP contribution in [0.15, 0.2) is 53.4 Å². The van der Waals surface area contributed by atoms with E-state index >= 15 is 0 Å². The van der Waals surface area contributed by atoms with Gasteiger partial charge in [0.1, 0.15) is 0 Å². The summed E-state index contributed by atoms with van der Waals surface area (Å²) in [7, 11) is -2.23. The smallest absolute Gasteiger partial charge is 0.264 e. The van der Waals surface area contributed by atoms with Crippen LogP contribution in [0.3, 0.4) is 0 Å². The topological polar surface area (TPSA) is 66.5 Å². The third-order valence-corrected chi connectivity index (χ3v) is 5.94. The summed E-state index contributed by atoms with van der Waals surface area (Å²) in [6.45, 7) is 6.68. The lowest BCUT2D eigenvalue weighted by Crippen LogP contribution is -2.28. The van der Waals surface area contributed by atoms with Gasteiger partial charge in [-0.1, -0.05) is 37.6 Å². The van der Waals surface area contributed by atoms with Gasteiger partial charge in [0.05, 0.1) is 10.6 Å². The highest BCUT2D eigenvalue weighted by Crippen LogP contribution is 2.23. The summed E-state index contributed by atoms with van der Waals surface area (Å²) >= 11 is 0. The number of nitrogens with one attached hydrogen (secondary N) is 1. The fourth-order valence-corrected chi connectivity index (χ4v) is 3.67. The highest BCUT2D eigenvalue weighted by atomic mass is 32.2. The Labute approximate surface area is 156 Å². The Hall–Kier alpha value is -2.34. The average molecular weight is 375 g/mol. The number of benzene rings is 2. The quantitative estimate of drug-likeness (QED) is 0.805. The lowest BCUT2D eigenvalue weighted by Gasteiger charge is -2.20. The second-order valence-electron chi connectivity index (χ2n) is 6.77. The van der Waals surface area contributed by atoms with Gasteiger partial charge in [-0.2, -0.15) is 0 Å². The molecule has 0 atom stereocenters. The maximum absolute atomic E-state index is 12.9. The van der Waals surface area contributed by atoms with Crippen LogP contribution in [-0.4, -0.2) is 27.9 Å². The first-order valence-corrected chi connectivity index (χ1v) is 10.1. The van der Waals surface area contributed by atoms with Gasteiger partial charge >= 0.3 is 0 Å². The SMILES string of the molecule is Cc1ccc(N(C)S(=O)(=O)c2cccc(C(=O)NCCC(C)C)c2)cc1. The lowest BCUT2D eigenvalue weighted by atomic mass is 10.1. The second-order valence-corrected chi connectivity index (χ2v) is 8.74. The van der Waals surface area contributed by atoms with Crippen LogP contribution >= 0.6 is 0 Å². The Balaban J connectivity index is 2.22. The van der Waals surface area contributed by atoms with Crippen molar-refractivity contribution in [1.29, 1.82) is 0 Å². The number of carbonyl (C=O) groups excluding carboxylic acids is 1. The van der Waals surface area contributed by atoms with Crippen LogP contribution in [-0.2, 0) is 10.0 Å². The van der Waals surface area contributed by atoms with Gasteiger partial charge in [-0.25, -0.2) is 8.42 Å². The van der Waals surface area contributed by atoms with Gasteiger partial charge in [0.25, 0.3) is 15.9 Å². The van der Waals surface area contributed by atoms with Gasteiger partial charge in [0.15, 0.2) is 0 Å². The monoisotopic (exact) mass is 374 g/mol. The molecular weight excluding hydrogens is 348 g/mol. The van der Waals surface area contributed by atoms with Crippen LogP contribution in [0.4, 0.5) is 5.69 Å². The van der Waals surface area contributed by atoms with Crippen molar-refractivity contribution in [2.24, 2.45) is 5.92 Å². The maximum atomic E-state index is 12.9. The number of aryl methyl sites for hydroxylation is 1. The highest BCUT2D eigenvalue weighted by molar-refractivity contribution is 7.92. The van der Waals surface area contributed by atoms with Crippen molar-refractivity contribution in [3.8, 4) is 0 Å². The molecule has 26 heavy (non-hydrogen) atoms. The zero-order valence-electron chi connectivity index (χ0n) is 15.7. The molecule has 2 aromatic carbocycles. The van der Waals surface area contributed by atoms with Gasteiger partial charge in [-0.15, -0.1) is 0 Å². The van der Waals surface area contributed by atoms with E-state index in [1.807, 2.05) is 19.1 Å². The van der Waals surface area contributed by atoms with E-state index in [0.717, 1.165) is 12.0 Å². The largest absolute Gasteiger partial charge is 0.352 e. The number of carbonyl (C=O) groups is 1. The molecule has 0 bridgehead atoms. The van der Waals surface area contributed by atoms with E-state index in [0.29, 0.717) is 23.7 Å². The molecule has 5 nitrogen and oxygen atoms in total. The van der Waals surface area contributed by atoms with Crippen LogP contribution in [0.1, 0.15) is 36.2 Å². The predicted molar refractivity (Wildman–Crippen MR) is 105 cm³/mol. The number of rotatable bonds is 7. The molecular formula is C20H26N2O3S. The number of anilines is 1. The van der Waals surface area contributed by atoms with E-state index in [1.54, 1.807) is 24.3 Å². The summed E-state index contributed by atoms with van der Waals surface area (Å²) in [5, 5.41) is 2.83. The summed E-state index contributed by atoms with van der Waals surface area (Å²) in [6, 6.07) is 13.4. The minimum atomic E-state index is -3.74. The minimum absolute atomic E-state index is 0.0945. The molecule has 0 aliphatic heterocycles. The fraction of sp³-hybridized carbons (Fsp3) is 0.350. The molecule has 140 valence electrons. The Morgan fingerprint density at radius 3 is 2.38 bits per heavy atom. The molecule has 0 aliphatic rings. The predicted octanol–water partition coefficient (Wildman–Crippen LogP) is 3.60. The Morgan fingerprint density at radius 2 is 1.77 bits per heavy atom. The van der Waals surface area contributed by atoms with E-state index in [1.165, 1.54) is 23.5 Å². The van der Waals surface area contributed by atoms with Gasteiger partial charge in [0, 0.05) is 19.2 Å². The number of nitrogens with zero attached hydrogens (tertiary/aromatic N) is 1. The number of hydrogen-bond donors (Lipinski definition) is 1. The van der Waals surface area contributed by atoms with Crippen molar-refractivity contribution in [3.63, 3.8) is 0 Å². The van der Waals surface area contributed by atoms with Crippen molar-refractivity contribution >= 4 is 21.6 Å². The standard InChI is InChI=1S/C20H26N2O3S/c1-15(2)12-13-21-20(23)17-6-5-7-19(14-17)26(24,25)22(4)18-10-8-16(3)9-11-18/h5-11,14-15H,12-13H2,1-4H3,(H,21,23). The molecule has 2 aromatic rings. The molecule has 0 radical (unpaired) electrons. The fourth-order valence-electron chi connectivity index (χ4n) is 2.43. The molecule has 1 N–H and O–H groups in total. The summed E-state index contributed by atoms with van der Waals surface area (Å²) in [6.07, 6.45) is 0.875. The molecule has 1 amide bonds. The van der Waals surface area contributed by atoms with Crippen LogP contribution in [0, 0.1) is 12.8 Å². The first kappa shape index (κ1) is 20.0. The summed E-state index contributed by atoms with van der Waals surface area (Å²) in [5.74, 6) is 0.228. The number of hydrogen-bond acceptors (Lipinski definition) is 3. The normalized spacial score (nSPS) is 11.4. The first-order chi connectivity index (χ1) is 12.2. The van der Waals surface area contributed by atoms with Crippen molar-refractivity contribution in [2.75, 3.05) is 17.9 Å². The van der Waals surface area contributed by atoms with Crippen LogP contribution in [0.25, 0.3) is 0 Å². The summed E-state index contributed by atoms with van der Waals surface area (Å²) in [5.41, 5.74) is 1.97. The van der Waals surface area contributed by atoms with Crippen molar-refractivity contribution < 1.29 is 13.2 Å². The van der Waals surface area contributed by atoms with Crippen LogP contribution in [0.2, 0.25) is 0 Å². The van der Waals surface area contributed by atoms with Crippen molar-refractivity contribution in [3.05, 3.63) is 59.7 Å². The Bertz CT molecular complexity index is 859. The zero-order chi connectivity index (χ0) is 19.3. The average Bonchev–Trinajstić information content (AvgIpc) is 2.61. The van der Waals surface area contributed by atoms with Crippen LogP contribution < -0.4 is 9.62 Å². The molecule has 0 heterocycles. The summed E-state index contributed by atoms with van der Waals surface area (Å²) < 4.78 is 27.0. The molecule has 0 saturated heterocycles. The highest BCUT2D eigenvalue weighted by Gasteiger charge is 2.22. The van der Waals surface area contributed by atoms with E-state index in [-0.39, 0.29) is 10.8 Å². The Morgan fingerprint density at radius 1 is 1.12 bits per heavy atom. The third kappa shape index (κ3) is 4.85. The maximum Gasteiger partial charge on any atom is 0.264 e. The molecule has 0 aliphatic carbocycles. The molecule has 0 aromatic heterocycles. The second kappa shape index (κ2) is 8.36. The molecule has 6 heteroatoms. The van der Waals surface area contributed by atoms with E-state index in [9.17, 15) is 13.2 Å². The van der Waals surface area contributed by atoms with Gasteiger partial charge in [0.2, 0.25) is 0 Å². The molecule has 0 spiro atoms. The van der Waals surface area contributed by atoms with Crippen molar-refractivity contribution in [1.82, 2.24) is 5.32 Å². The van der Waals surface area contributed by atoms with Crippen molar-refractivity contribution in [2.45, 2.75) is 32.1 Å².